The quantitative estimate of drug-likeness (QED) is 0.644. The van der Waals surface area contributed by atoms with Crippen LogP contribution in [-0.2, 0) is 11.2 Å². The molecular formula is C23H22ClFN2O. The highest BCUT2D eigenvalue weighted by Gasteiger charge is 2.31. The standard InChI is InChI=1S/C23H21FN2O.ClH/c24-20-10-8-16(9-11-20)19-7-6-17-12-13-26(22(17)14-19)23(21(25)15-27)18-4-2-1-3-5-18;/h1-11,14-15,21,23H,12-13,25H2;1H/t21-,23?;/m1./s1. The summed E-state index contributed by atoms with van der Waals surface area (Å²) < 4.78 is 13.3. The van der Waals surface area contributed by atoms with Crippen molar-refractivity contribution < 1.29 is 9.18 Å². The van der Waals surface area contributed by atoms with Gasteiger partial charge >= 0.3 is 0 Å². The van der Waals surface area contributed by atoms with Gasteiger partial charge in [-0.3, -0.25) is 0 Å². The van der Waals surface area contributed by atoms with Crippen LogP contribution in [0.1, 0.15) is 17.2 Å². The molecular weight excluding hydrogens is 375 g/mol. The van der Waals surface area contributed by atoms with E-state index in [2.05, 4.69) is 23.1 Å². The van der Waals surface area contributed by atoms with Gasteiger partial charge in [0.05, 0.1) is 12.1 Å². The Morgan fingerprint density at radius 1 is 0.964 bits per heavy atom. The third-order valence-corrected chi connectivity index (χ3v) is 5.19. The first-order chi connectivity index (χ1) is 13.2. The van der Waals surface area contributed by atoms with Crippen LogP contribution < -0.4 is 10.6 Å². The zero-order valence-corrected chi connectivity index (χ0v) is 16.1. The number of halogens is 2. The van der Waals surface area contributed by atoms with Crippen LogP contribution in [0.5, 0.6) is 0 Å². The van der Waals surface area contributed by atoms with Gasteiger partial charge in [-0.2, -0.15) is 0 Å². The van der Waals surface area contributed by atoms with E-state index in [4.69, 9.17) is 5.73 Å². The molecule has 1 heterocycles. The Bertz CT molecular complexity index is 947. The summed E-state index contributed by atoms with van der Waals surface area (Å²) in [5, 5.41) is 0. The topological polar surface area (TPSA) is 46.3 Å². The van der Waals surface area contributed by atoms with E-state index >= 15 is 0 Å². The highest BCUT2D eigenvalue weighted by molar-refractivity contribution is 5.85. The Morgan fingerprint density at radius 2 is 1.64 bits per heavy atom. The molecule has 2 N–H and O–H groups in total. The predicted molar refractivity (Wildman–Crippen MR) is 113 cm³/mol. The summed E-state index contributed by atoms with van der Waals surface area (Å²) in [7, 11) is 0. The molecule has 1 aliphatic heterocycles. The molecule has 3 aromatic rings. The number of hydrogen-bond donors (Lipinski definition) is 1. The van der Waals surface area contributed by atoms with Gasteiger partial charge in [0.15, 0.2) is 0 Å². The minimum Gasteiger partial charge on any atom is -0.362 e. The van der Waals surface area contributed by atoms with Gasteiger partial charge in [0.1, 0.15) is 12.1 Å². The van der Waals surface area contributed by atoms with Crippen LogP contribution in [0.15, 0.2) is 72.8 Å². The Hall–Kier alpha value is -2.69. The fourth-order valence-corrected chi connectivity index (χ4v) is 3.85. The first kappa shape index (κ1) is 20.1. The minimum absolute atomic E-state index is 0. The Kier molecular flexibility index (Phi) is 6.12. The van der Waals surface area contributed by atoms with Gasteiger partial charge in [0, 0.05) is 12.2 Å². The summed E-state index contributed by atoms with van der Waals surface area (Å²) in [6, 6.07) is 21.9. The fraction of sp³-hybridized carbons (Fsp3) is 0.174. The number of anilines is 1. The van der Waals surface area contributed by atoms with Crippen molar-refractivity contribution in [3.8, 4) is 11.1 Å². The lowest BCUT2D eigenvalue weighted by molar-refractivity contribution is -0.109. The molecule has 5 heteroatoms. The van der Waals surface area contributed by atoms with E-state index in [1.807, 2.05) is 30.3 Å². The fourth-order valence-electron chi connectivity index (χ4n) is 3.85. The van der Waals surface area contributed by atoms with Gasteiger partial charge in [-0.25, -0.2) is 4.39 Å². The van der Waals surface area contributed by atoms with Crippen molar-refractivity contribution in [2.24, 2.45) is 5.73 Å². The molecule has 28 heavy (non-hydrogen) atoms. The van der Waals surface area contributed by atoms with Crippen molar-refractivity contribution in [1.82, 2.24) is 0 Å². The summed E-state index contributed by atoms with van der Waals surface area (Å²) in [6.45, 7) is 0.809. The highest BCUT2D eigenvalue weighted by atomic mass is 35.5. The molecule has 2 atom stereocenters. The summed E-state index contributed by atoms with van der Waals surface area (Å²) in [4.78, 5) is 13.7. The lowest BCUT2D eigenvalue weighted by atomic mass is 9.98. The van der Waals surface area contributed by atoms with Crippen LogP contribution in [0.2, 0.25) is 0 Å². The summed E-state index contributed by atoms with van der Waals surface area (Å²) in [5.74, 6) is -0.248. The molecule has 0 radical (unpaired) electrons. The number of carbonyl (C=O) groups excluding carboxylic acids is 1. The molecule has 4 rings (SSSR count). The smallest absolute Gasteiger partial charge is 0.139 e. The van der Waals surface area contributed by atoms with E-state index in [1.165, 1.54) is 17.7 Å². The van der Waals surface area contributed by atoms with Crippen molar-refractivity contribution in [3.63, 3.8) is 0 Å². The van der Waals surface area contributed by atoms with E-state index in [0.717, 1.165) is 41.6 Å². The van der Waals surface area contributed by atoms with E-state index in [0.29, 0.717) is 0 Å². The molecule has 0 saturated heterocycles. The minimum atomic E-state index is -0.618. The molecule has 0 spiro atoms. The molecule has 3 nitrogen and oxygen atoms in total. The second kappa shape index (κ2) is 8.55. The normalized spacial score (nSPS) is 14.7. The predicted octanol–water partition coefficient (Wildman–Crippen LogP) is 4.54. The van der Waals surface area contributed by atoms with Crippen molar-refractivity contribution in [3.05, 3.63) is 89.7 Å². The first-order valence-corrected chi connectivity index (χ1v) is 9.09. The lowest BCUT2D eigenvalue weighted by Gasteiger charge is -2.33. The maximum absolute atomic E-state index is 13.3. The maximum atomic E-state index is 13.3. The monoisotopic (exact) mass is 396 g/mol. The molecule has 0 bridgehead atoms. The van der Waals surface area contributed by atoms with Crippen molar-refractivity contribution in [2.45, 2.75) is 18.5 Å². The maximum Gasteiger partial charge on any atom is 0.139 e. The number of aldehydes is 1. The molecule has 0 saturated carbocycles. The SMILES string of the molecule is Cl.N[C@H](C=O)C(c1ccccc1)N1CCc2ccc(-c3ccc(F)cc3)cc21. The van der Waals surface area contributed by atoms with Crippen LogP contribution in [-0.4, -0.2) is 18.9 Å². The van der Waals surface area contributed by atoms with Crippen molar-refractivity contribution in [1.29, 1.82) is 0 Å². The van der Waals surface area contributed by atoms with E-state index in [-0.39, 0.29) is 24.3 Å². The van der Waals surface area contributed by atoms with Gasteiger partial charge in [0.2, 0.25) is 0 Å². The number of carbonyl (C=O) groups is 1. The molecule has 3 aromatic carbocycles. The number of rotatable bonds is 5. The molecule has 0 aromatic heterocycles. The third-order valence-electron chi connectivity index (χ3n) is 5.19. The number of nitrogens with zero attached hydrogens (tertiary/aromatic N) is 1. The zero-order chi connectivity index (χ0) is 18.8. The summed E-state index contributed by atoms with van der Waals surface area (Å²) in [5.41, 5.74) is 11.5. The lowest BCUT2D eigenvalue weighted by Crippen LogP contribution is -2.41. The average Bonchev–Trinajstić information content (AvgIpc) is 3.12. The molecule has 1 unspecified atom stereocenters. The molecule has 144 valence electrons. The summed E-state index contributed by atoms with van der Waals surface area (Å²) >= 11 is 0. The third kappa shape index (κ3) is 3.79. The number of nitrogens with two attached hydrogens (primary N) is 1. The molecule has 0 fully saturated rings. The Balaban J connectivity index is 0.00000225. The van der Waals surface area contributed by atoms with E-state index in [9.17, 15) is 9.18 Å². The Morgan fingerprint density at radius 3 is 2.32 bits per heavy atom. The van der Waals surface area contributed by atoms with Crippen LogP contribution in [0, 0.1) is 5.82 Å². The van der Waals surface area contributed by atoms with Gasteiger partial charge in [-0.1, -0.05) is 54.6 Å². The second-order valence-corrected chi connectivity index (χ2v) is 6.86. The number of fused-ring (bicyclic) bond motifs is 1. The van der Waals surface area contributed by atoms with Crippen LogP contribution >= 0.6 is 12.4 Å². The number of benzene rings is 3. The van der Waals surface area contributed by atoms with E-state index in [1.54, 1.807) is 12.1 Å². The van der Waals surface area contributed by atoms with E-state index < -0.39 is 6.04 Å². The largest absolute Gasteiger partial charge is 0.362 e. The Labute approximate surface area is 170 Å². The molecule has 0 aliphatic carbocycles. The first-order valence-electron chi connectivity index (χ1n) is 9.09. The van der Waals surface area contributed by atoms with Crippen molar-refractivity contribution in [2.75, 3.05) is 11.4 Å². The highest BCUT2D eigenvalue weighted by Crippen LogP contribution is 2.38. The van der Waals surface area contributed by atoms with Gasteiger partial charge < -0.3 is 15.4 Å². The summed E-state index contributed by atoms with van der Waals surface area (Å²) in [6.07, 6.45) is 1.73. The molecule has 0 amide bonds. The number of hydrogen-bond acceptors (Lipinski definition) is 3. The molecule has 1 aliphatic rings. The average molecular weight is 397 g/mol. The van der Waals surface area contributed by atoms with Gasteiger partial charge in [-0.05, 0) is 46.9 Å². The van der Waals surface area contributed by atoms with Gasteiger partial charge in [-0.15, -0.1) is 12.4 Å². The van der Waals surface area contributed by atoms with Crippen LogP contribution in [0.4, 0.5) is 10.1 Å². The van der Waals surface area contributed by atoms with Crippen LogP contribution in [0.3, 0.4) is 0 Å². The second-order valence-electron chi connectivity index (χ2n) is 6.86. The van der Waals surface area contributed by atoms with Gasteiger partial charge in [0.25, 0.3) is 0 Å². The van der Waals surface area contributed by atoms with Crippen LogP contribution in [0.25, 0.3) is 11.1 Å². The van der Waals surface area contributed by atoms with Crippen molar-refractivity contribution >= 4 is 24.4 Å². The zero-order valence-electron chi connectivity index (χ0n) is 15.3.